The van der Waals surface area contributed by atoms with Gasteiger partial charge in [0.05, 0.1) is 29.0 Å². The van der Waals surface area contributed by atoms with E-state index in [1.165, 1.54) is 18.7 Å². The highest BCUT2D eigenvalue weighted by Gasteiger charge is 2.49. The van der Waals surface area contributed by atoms with Crippen molar-refractivity contribution in [1.29, 1.82) is 0 Å². The van der Waals surface area contributed by atoms with Gasteiger partial charge in [0.2, 0.25) is 5.91 Å². The number of H-pyrrole nitrogens is 1. The number of carbonyl (C=O) groups excluding carboxylic acids is 1. The Bertz CT molecular complexity index is 1010. The molecule has 2 aliphatic rings. The van der Waals surface area contributed by atoms with Gasteiger partial charge in [0.25, 0.3) is 0 Å². The maximum absolute atomic E-state index is 11.9. The monoisotopic (exact) mass is 376 g/mol. The molecule has 2 aromatic rings. The number of fused-ring (bicyclic) bond motifs is 2. The molecule has 1 aromatic carbocycles. The average Bonchev–Trinajstić information content (AvgIpc) is 3.16. The van der Waals surface area contributed by atoms with Crippen LogP contribution in [0.15, 0.2) is 40.6 Å². The van der Waals surface area contributed by atoms with Crippen molar-refractivity contribution in [3.05, 3.63) is 36.0 Å². The van der Waals surface area contributed by atoms with Crippen molar-refractivity contribution in [2.75, 3.05) is 11.5 Å². The van der Waals surface area contributed by atoms with Crippen molar-refractivity contribution in [2.45, 2.75) is 18.2 Å². The number of sulfone groups is 1. The molecule has 0 bridgehead atoms. The number of aromatic amines is 1. The number of rotatable bonds is 2. The maximum Gasteiger partial charge on any atom is 0.245 e. The van der Waals surface area contributed by atoms with E-state index in [0.717, 1.165) is 16.5 Å². The summed E-state index contributed by atoms with van der Waals surface area (Å²) in [6.45, 7) is 1.37. The summed E-state index contributed by atoms with van der Waals surface area (Å²) in [4.78, 5) is 18.6. The molecule has 2 atom stereocenters. The zero-order valence-electron chi connectivity index (χ0n) is 13.4. The van der Waals surface area contributed by atoms with E-state index >= 15 is 0 Å². The Labute approximate surface area is 149 Å². The predicted molar refractivity (Wildman–Crippen MR) is 99.7 cm³/mol. The van der Waals surface area contributed by atoms with Crippen molar-refractivity contribution in [2.24, 2.45) is 10.1 Å². The number of hydrogen-bond donors (Lipinski definition) is 1. The van der Waals surface area contributed by atoms with Crippen LogP contribution < -0.4 is 0 Å². The summed E-state index contributed by atoms with van der Waals surface area (Å²) in [5, 5.41) is 7.42. The van der Waals surface area contributed by atoms with Crippen LogP contribution in [-0.2, 0) is 14.6 Å². The van der Waals surface area contributed by atoms with Crippen LogP contribution in [-0.4, -0.2) is 58.5 Å². The summed E-state index contributed by atoms with van der Waals surface area (Å²) >= 11 is 1.32. The Morgan fingerprint density at radius 1 is 1.36 bits per heavy atom. The van der Waals surface area contributed by atoms with Crippen molar-refractivity contribution in [3.8, 4) is 0 Å². The second-order valence-corrected chi connectivity index (χ2v) is 9.45. The number of amides is 1. The van der Waals surface area contributed by atoms with Gasteiger partial charge in [0, 0.05) is 29.6 Å². The first-order valence-electron chi connectivity index (χ1n) is 7.79. The van der Waals surface area contributed by atoms with Crippen molar-refractivity contribution in [1.82, 2.24) is 9.99 Å². The highest BCUT2D eigenvalue weighted by atomic mass is 32.2. The molecule has 3 heterocycles. The summed E-state index contributed by atoms with van der Waals surface area (Å²) in [6, 6.07) is 7.57. The number of hydrazone groups is 1. The third-order valence-electron chi connectivity index (χ3n) is 4.23. The zero-order chi connectivity index (χ0) is 17.6. The number of para-hydroxylation sites is 1. The molecule has 0 unspecified atom stereocenters. The van der Waals surface area contributed by atoms with Gasteiger partial charge >= 0.3 is 0 Å². The first-order valence-corrected chi connectivity index (χ1v) is 10.5. The second kappa shape index (κ2) is 5.99. The van der Waals surface area contributed by atoms with E-state index in [0.29, 0.717) is 5.17 Å². The summed E-state index contributed by atoms with van der Waals surface area (Å²) in [5.41, 5.74) is 1.89. The molecule has 4 rings (SSSR count). The van der Waals surface area contributed by atoms with E-state index in [1.807, 2.05) is 30.5 Å². The molecule has 2 aliphatic heterocycles. The fourth-order valence-electron chi connectivity index (χ4n) is 3.14. The van der Waals surface area contributed by atoms with Crippen LogP contribution in [0.4, 0.5) is 0 Å². The summed E-state index contributed by atoms with van der Waals surface area (Å²) in [7, 11) is -3.08. The largest absolute Gasteiger partial charge is 0.361 e. The normalized spacial score (nSPS) is 26.8. The standard InChI is InChI=1S/C16H16N4O3S2/c1-10(21)19-16-20(14-8-25(22,23)9-15(14)24-16)18-7-11-6-17-13-5-3-2-4-12(11)13/h2-7,14-15,17H,8-9H2,1H3/t14-,15+/m0/s1. The van der Waals surface area contributed by atoms with Gasteiger partial charge in [-0.3, -0.25) is 4.79 Å². The fraction of sp³-hybridized carbons (Fsp3) is 0.312. The lowest BCUT2D eigenvalue weighted by Gasteiger charge is -2.17. The molecule has 1 aromatic heterocycles. The highest BCUT2D eigenvalue weighted by molar-refractivity contribution is 8.15. The number of carbonyl (C=O) groups is 1. The third-order valence-corrected chi connectivity index (χ3v) is 7.43. The van der Waals surface area contributed by atoms with Gasteiger partial charge in [0.1, 0.15) is 0 Å². The lowest BCUT2D eigenvalue weighted by Crippen LogP contribution is -2.33. The maximum atomic E-state index is 11.9. The Morgan fingerprint density at radius 3 is 2.96 bits per heavy atom. The lowest BCUT2D eigenvalue weighted by molar-refractivity contribution is -0.115. The number of nitrogens with one attached hydrogen (secondary N) is 1. The molecule has 7 nitrogen and oxygen atoms in total. The van der Waals surface area contributed by atoms with Gasteiger partial charge in [0.15, 0.2) is 15.0 Å². The van der Waals surface area contributed by atoms with Crippen LogP contribution in [0, 0.1) is 0 Å². The quantitative estimate of drug-likeness (QED) is 0.804. The second-order valence-electron chi connectivity index (χ2n) is 6.09. The fourth-order valence-corrected chi connectivity index (χ4v) is 7.02. The lowest BCUT2D eigenvalue weighted by atomic mass is 10.2. The summed E-state index contributed by atoms with van der Waals surface area (Å²) in [5.74, 6) is -0.192. The average molecular weight is 376 g/mol. The number of amidine groups is 1. The topological polar surface area (TPSA) is 95.0 Å². The summed E-state index contributed by atoms with van der Waals surface area (Å²) < 4.78 is 23.8. The number of thioether (sulfide) groups is 1. The van der Waals surface area contributed by atoms with Gasteiger partial charge in [-0.15, -0.1) is 0 Å². The Hall–Kier alpha value is -2.13. The van der Waals surface area contributed by atoms with Gasteiger partial charge in [-0.05, 0) is 6.07 Å². The minimum absolute atomic E-state index is 0.0345. The van der Waals surface area contributed by atoms with Crippen LogP contribution in [0.2, 0.25) is 0 Å². The first-order chi connectivity index (χ1) is 11.9. The van der Waals surface area contributed by atoms with Crippen LogP contribution in [0.1, 0.15) is 12.5 Å². The third kappa shape index (κ3) is 3.09. The Balaban J connectivity index is 1.69. The minimum atomic E-state index is -3.08. The van der Waals surface area contributed by atoms with Crippen molar-refractivity contribution >= 4 is 49.8 Å². The van der Waals surface area contributed by atoms with E-state index in [-0.39, 0.29) is 28.7 Å². The van der Waals surface area contributed by atoms with Gasteiger partial charge in [-0.2, -0.15) is 10.1 Å². The molecule has 0 saturated carbocycles. The van der Waals surface area contributed by atoms with Crippen molar-refractivity contribution < 1.29 is 13.2 Å². The molecule has 25 heavy (non-hydrogen) atoms. The number of benzene rings is 1. The smallest absolute Gasteiger partial charge is 0.245 e. The van der Waals surface area contributed by atoms with Crippen LogP contribution in [0.3, 0.4) is 0 Å². The zero-order valence-corrected chi connectivity index (χ0v) is 15.0. The molecule has 1 amide bonds. The van der Waals surface area contributed by atoms with E-state index in [2.05, 4.69) is 15.1 Å². The van der Waals surface area contributed by atoms with Crippen molar-refractivity contribution in [3.63, 3.8) is 0 Å². The number of aromatic nitrogens is 1. The molecule has 9 heteroatoms. The van der Waals surface area contributed by atoms with Crippen LogP contribution >= 0.6 is 11.8 Å². The van der Waals surface area contributed by atoms with Crippen LogP contribution in [0.25, 0.3) is 10.9 Å². The van der Waals surface area contributed by atoms with E-state index in [9.17, 15) is 13.2 Å². The Morgan fingerprint density at radius 2 is 2.16 bits per heavy atom. The minimum Gasteiger partial charge on any atom is -0.361 e. The Kier molecular flexibility index (Phi) is 3.92. The van der Waals surface area contributed by atoms with E-state index in [4.69, 9.17) is 0 Å². The van der Waals surface area contributed by atoms with Gasteiger partial charge in [-0.1, -0.05) is 30.0 Å². The number of hydrogen-bond acceptors (Lipinski definition) is 5. The van der Waals surface area contributed by atoms with Crippen LogP contribution in [0.5, 0.6) is 0 Å². The number of aliphatic imine (C=N–C) groups is 1. The van der Waals surface area contributed by atoms with E-state index in [1.54, 1.807) is 11.2 Å². The molecule has 130 valence electrons. The molecule has 2 fully saturated rings. The predicted octanol–water partition coefficient (Wildman–Crippen LogP) is 1.62. The van der Waals surface area contributed by atoms with E-state index < -0.39 is 9.84 Å². The summed E-state index contributed by atoms with van der Waals surface area (Å²) in [6.07, 6.45) is 3.53. The molecular weight excluding hydrogens is 360 g/mol. The molecule has 2 saturated heterocycles. The van der Waals surface area contributed by atoms with Gasteiger partial charge in [-0.25, -0.2) is 13.4 Å². The SMILES string of the molecule is CC(=O)N=C1S[C@@H]2CS(=O)(=O)C[C@@H]2N1N=Cc1c[nH]c2ccccc12. The first kappa shape index (κ1) is 16.3. The van der Waals surface area contributed by atoms with Gasteiger partial charge < -0.3 is 4.98 Å². The molecular formula is C16H16N4O3S2. The molecule has 0 aliphatic carbocycles. The molecule has 1 N–H and O–H groups in total. The highest BCUT2D eigenvalue weighted by Crippen LogP contribution is 2.38. The number of nitrogens with zero attached hydrogens (tertiary/aromatic N) is 3. The molecule has 0 radical (unpaired) electrons. The molecule has 0 spiro atoms.